The summed E-state index contributed by atoms with van der Waals surface area (Å²) in [7, 11) is 0. The van der Waals surface area contributed by atoms with E-state index in [0.29, 0.717) is 32.8 Å². The van der Waals surface area contributed by atoms with Crippen molar-refractivity contribution in [3.8, 4) is 0 Å². The first-order valence-electron chi connectivity index (χ1n) is 5.34. The number of rotatable bonds is 10. The first kappa shape index (κ1) is 14.3. The van der Waals surface area contributed by atoms with Crippen LogP contribution in [0, 0.1) is 0 Å². The second-order valence-electron chi connectivity index (χ2n) is 3.24. The molecule has 0 aliphatic rings. The van der Waals surface area contributed by atoms with Gasteiger partial charge in [-0.25, -0.2) is 4.79 Å². The minimum Gasteiger partial charge on any atom is -0.479 e. The van der Waals surface area contributed by atoms with E-state index >= 15 is 0 Å². The zero-order chi connectivity index (χ0) is 11.5. The van der Waals surface area contributed by atoms with Gasteiger partial charge in [0.05, 0.1) is 13.2 Å². The van der Waals surface area contributed by atoms with Crippen molar-refractivity contribution in [3.05, 3.63) is 0 Å². The smallest absolute Gasteiger partial charge is 0.332 e. The number of aliphatic carboxylic acids is 1. The van der Waals surface area contributed by atoms with Crippen molar-refractivity contribution < 1.29 is 19.4 Å². The molecule has 3 N–H and O–H groups in total. The zero-order valence-electron chi connectivity index (χ0n) is 9.28. The van der Waals surface area contributed by atoms with E-state index in [1.54, 1.807) is 0 Å². The molecular weight excluding hydrogens is 198 g/mol. The third-order valence-corrected chi connectivity index (χ3v) is 1.89. The molecule has 0 aromatic heterocycles. The Morgan fingerprint density at radius 2 is 2.13 bits per heavy atom. The van der Waals surface area contributed by atoms with Gasteiger partial charge in [0.15, 0.2) is 6.10 Å². The van der Waals surface area contributed by atoms with Gasteiger partial charge in [0.1, 0.15) is 0 Å². The van der Waals surface area contributed by atoms with Crippen LogP contribution in [0.4, 0.5) is 0 Å². The summed E-state index contributed by atoms with van der Waals surface area (Å²) in [4.78, 5) is 10.6. The van der Waals surface area contributed by atoms with Gasteiger partial charge < -0.3 is 20.3 Å². The quantitative estimate of drug-likeness (QED) is 0.526. The van der Waals surface area contributed by atoms with Crippen molar-refractivity contribution in [2.24, 2.45) is 5.73 Å². The molecule has 0 spiro atoms. The van der Waals surface area contributed by atoms with E-state index < -0.39 is 12.1 Å². The van der Waals surface area contributed by atoms with Crippen LogP contribution in [-0.2, 0) is 14.3 Å². The number of nitrogens with two attached hydrogens (primary N) is 1. The Bertz CT molecular complexity index is 164. The number of hydrogen-bond acceptors (Lipinski definition) is 4. The number of unbranched alkanes of at least 4 members (excludes halogenated alkanes) is 1. The molecule has 0 radical (unpaired) electrons. The highest BCUT2D eigenvalue weighted by molar-refractivity contribution is 5.72. The minimum absolute atomic E-state index is 0.306. The molecule has 0 aromatic rings. The Balaban J connectivity index is 3.41. The highest BCUT2D eigenvalue weighted by Crippen LogP contribution is 1.97. The average Bonchev–Trinajstić information content (AvgIpc) is 2.21. The molecule has 0 saturated heterocycles. The fraction of sp³-hybridized carbons (Fsp3) is 0.900. The largest absolute Gasteiger partial charge is 0.479 e. The molecule has 0 saturated carbocycles. The lowest BCUT2D eigenvalue weighted by Crippen LogP contribution is -2.28. The number of ether oxygens (including phenoxy) is 2. The third-order valence-electron chi connectivity index (χ3n) is 1.89. The minimum atomic E-state index is -0.964. The standard InChI is InChI=1S/C10H21NO4/c1-2-3-6-14-7-8-15-9(4-5-11)10(12)13/h9H,2-8,11H2,1H3,(H,12,13). The van der Waals surface area contributed by atoms with Crippen LogP contribution >= 0.6 is 0 Å². The van der Waals surface area contributed by atoms with Crippen LogP contribution < -0.4 is 5.73 Å². The summed E-state index contributed by atoms with van der Waals surface area (Å²) in [5.41, 5.74) is 5.26. The summed E-state index contributed by atoms with van der Waals surface area (Å²) in [6, 6.07) is 0. The molecule has 0 aliphatic carbocycles. The van der Waals surface area contributed by atoms with Crippen LogP contribution in [0.25, 0.3) is 0 Å². The molecule has 5 nitrogen and oxygen atoms in total. The predicted molar refractivity (Wildman–Crippen MR) is 56.8 cm³/mol. The Morgan fingerprint density at radius 3 is 2.67 bits per heavy atom. The van der Waals surface area contributed by atoms with E-state index in [1.165, 1.54) is 0 Å². The third kappa shape index (κ3) is 8.35. The van der Waals surface area contributed by atoms with Crippen LogP contribution in [0.3, 0.4) is 0 Å². The molecule has 0 heterocycles. The van der Waals surface area contributed by atoms with E-state index in [-0.39, 0.29) is 0 Å². The van der Waals surface area contributed by atoms with Gasteiger partial charge in [-0.3, -0.25) is 0 Å². The zero-order valence-corrected chi connectivity index (χ0v) is 9.28. The lowest BCUT2D eigenvalue weighted by molar-refractivity contribution is -0.151. The SMILES string of the molecule is CCCCOCCOC(CCN)C(=O)O. The first-order valence-corrected chi connectivity index (χ1v) is 5.34. The predicted octanol–water partition coefficient (Wildman–Crippen LogP) is 0.622. The van der Waals surface area contributed by atoms with Crippen LogP contribution in [0.1, 0.15) is 26.2 Å². The topological polar surface area (TPSA) is 81.8 Å². The molecule has 5 heteroatoms. The van der Waals surface area contributed by atoms with Gasteiger partial charge in [-0.15, -0.1) is 0 Å². The summed E-state index contributed by atoms with van der Waals surface area (Å²) in [5, 5.41) is 8.72. The van der Waals surface area contributed by atoms with Crippen molar-refractivity contribution >= 4 is 5.97 Å². The second-order valence-corrected chi connectivity index (χ2v) is 3.24. The molecule has 15 heavy (non-hydrogen) atoms. The lowest BCUT2D eigenvalue weighted by Gasteiger charge is -2.12. The van der Waals surface area contributed by atoms with Gasteiger partial charge in [0.25, 0.3) is 0 Å². The number of carboxylic acid groups (broad SMARTS) is 1. The molecule has 0 rings (SSSR count). The summed E-state index contributed by atoms with van der Waals surface area (Å²) in [6.45, 7) is 3.85. The van der Waals surface area contributed by atoms with E-state index in [1.807, 2.05) is 0 Å². The number of carboxylic acids is 1. The molecule has 1 unspecified atom stereocenters. The van der Waals surface area contributed by atoms with Crippen molar-refractivity contribution in [3.63, 3.8) is 0 Å². The van der Waals surface area contributed by atoms with Gasteiger partial charge in [-0.05, 0) is 19.4 Å². The van der Waals surface area contributed by atoms with E-state index in [4.69, 9.17) is 20.3 Å². The van der Waals surface area contributed by atoms with Gasteiger partial charge in [0, 0.05) is 6.61 Å². The van der Waals surface area contributed by atoms with Crippen molar-refractivity contribution in [2.75, 3.05) is 26.4 Å². The molecular formula is C10H21NO4. The Labute approximate surface area is 90.5 Å². The Hall–Kier alpha value is -0.650. The molecule has 0 aliphatic heterocycles. The van der Waals surface area contributed by atoms with Gasteiger partial charge in [-0.1, -0.05) is 13.3 Å². The molecule has 0 fully saturated rings. The van der Waals surface area contributed by atoms with Gasteiger partial charge in [0.2, 0.25) is 0 Å². The van der Waals surface area contributed by atoms with Gasteiger partial charge >= 0.3 is 5.97 Å². The van der Waals surface area contributed by atoms with E-state index in [0.717, 1.165) is 12.8 Å². The van der Waals surface area contributed by atoms with Crippen molar-refractivity contribution in [1.82, 2.24) is 0 Å². The second kappa shape index (κ2) is 9.89. The maximum Gasteiger partial charge on any atom is 0.332 e. The van der Waals surface area contributed by atoms with Crippen LogP contribution in [0.5, 0.6) is 0 Å². The number of carbonyl (C=O) groups is 1. The van der Waals surface area contributed by atoms with E-state index in [2.05, 4.69) is 6.92 Å². The van der Waals surface area contributed by atoms with E-state index in [9.17, 15) is 4.79 Å². The monoisotopic (exact) mass is 219 g/mol. The summed E-state index contributed by atoms with van der Waals surface area (Å²) in [5.74, 6) is -0.964. The fourth-order valence-electron chi connectivity index (χ4n) is 1.03. The molecule has 1 atom stereocenters. The molecule has 0 aromatic carbocycles. The summed E-state index contributed by atoms with van der Waals surface area (Å²) < 4.78 is 10.4. The van der Waals surface area contributed by atoms with Crippen LogP contribution in [0.15, 0.2) is 0 Å². The maximum absolute atomic E-state index is 10.6. The summed E-state index contributed by atoms with van der Waals surface area (Å²) >= 11 is 0. The highest BCUT2D eigenvalue weighted by atomic mass is 16.5. The lowest BCUT2D eigenvalue weighted by atomic mass is 10.2. The van der Waals surface area contributed by atoms with Crippen molar-refractivity contribution in [1.29, 1.82) is 0 Å². The molecule has 0 amide bonds. The molecule has 0 bridgehead atoms. The first-order chi connectivity index (χ1) is 7.22. The Morgan fingerprint density at radius 1 is 1.40 bits per heavy atom. The number of hydrogen-bond donors (Lipinski definition) is 2. The Kier molecular flexibility index (Phi) is 9.46. The normalized spacial score (nSPS) is 12.7. The fourth-order valence-corrected chi connectivity index (χ4v) is 1.03. The van der Waals surface area contributed by atoms with Gasteiger partial charge in [-0.2, -0.15) is 0 Å². The highest BCUT2D eigenvalue weighted by Gasteiger charge is 2.16. The van der Waals surface area contributed by atoms with Crippen LogP contribution in [0.2, 0.25) is 0 Å². The average molecular weight is 219 g/mol. The van der Waals surface area contributed by atoms with Crippen molar-refractivity contribution in [2.45, 2.75) is 32.3 Å². The molecule has 90 valence electrons. The van der Waals surface area contributed by atoms with Crippen LogP contribution in [-0.4, -0.2) is 43.5 Å². The maximum atomic E-state index is 10.6. The summed E-state index contributed by atoms with van der Waals surface area (Å²) in [6.07, 6.45) is 1.64.